The molecule has 4 atom stereocenters. The van der Waals surface area contributed by atoms with E-state index in [9.17, 15) is 9.59 Å². The number of amides is 2. The van der Waals surface area contributed by atoms with Gasteiger partial charge in [0.25, 0.3) is 11.7 Å². The van der Waals surface area contributed by atoms with Crippen molar-refractivity contribution in [2.45, 2.75) is 69.9 Å². The summed E-state index contributed by atoms with van der Waals surface area (Å²) >= 11 is 0. The number of imide groups is 1. The molecule has 4 aliphatic heterocycles. The molecule has 0 aromatic carbocycles. The Labute approximate surface area is 151 Å². The molecule has 0 aliphatic carbocycles. The topological polar surface area (TPSA) is 92.8 Å². The van der Waals surface area contributed by atoms with Crippen LogP contribution in [-0.2, 0) is 33.2 Å². The van der Waals surface area contributed by atoms with Crippen molar-refractivity contribution >= 4 is 12.0 Å². The van der Waals surface area contributed by atoms with Gasteiger partial charge >= 0.3 is 6.09 Å². The maximum Gasteiger partial charge on any atom is 0.419 e. The number of cyclic esters (lactones) is 1. The number of carbonyl (C=O) groups is 2. The summed E-state index contributed by atoms with van der Waals surface area (Å²) in [5, 5.41) is 0. The predicted molar refractivity (Wildman–Crippen MR) is 84.5 cm³/mol. The molecule has 0 N–H and O–H groups in total. The SMILES string of the molecule is C/C=C/C(=O)N1C(=O)OC[C@@]23O[C@H]4COC(C)(C)O[C@H]4[C@@]12OC(C)(C)O3. The monoisotopic (exact) mass is 369 g/mol. The number of hydrogen-bond acceptors (Lipinski definition) is 8. The largest absolute Gasteiger partial charge is 0.443 e. The van der Waals surface area contributed by atoms with E-state index in [2.05, 4.69) is 0 Å². The highest BCUT2D eigenvalue weighted by Gasteiger charge is 2.83. The Balaban J connectivity index is 1.89. The van der Waals surface area contributed by atoms with Crippen LogP contribution in [0.25, 0.3) is 0 Å². The van der Waals surface area contributed by atoms with Crippen molar-refractivity contribution in [1.82, 2.24) is 4.90 Å². The molecule has 0 aromatic rings. The number of rotatable bonds is 1. The van der Waals surface area contributed by atoms with Crippen LogP contribution >= 0.6 is 0 Å². The molecular weight excluding hydrogens is 346 g/mol. The first kappa shape index (κ1) is 17.9. The molecule has 0 spiro atoms. The first-order valence-electron chi connectivity index (χ1n) is 8.59. The lowest BCUT2D eigenvalue weighted by Gasteiger charge is -2.48. The highest BCUT2D eigenvalue weighted by molar-refractivity contribution is 6.00. The van der Waals surface area contributed by atoms with E-state index < -0.39 is 47.3 Å². The van der Waals surface area contributed by atoms with Crippen LogP contribution in [0, 0.1) is 0 Å². The third kappa shape index (κ3) is 2.21. The first-order chi connectivity index (χ1) is 12.1. The average molecular weight is 369 g/mol. The molecule has 2 amide bonds. The standard InChI is InChI=1S/C17H23NO8/c1-6-7-11(19)18-13(20)21-9-16-17(18,26-15(4,5)25-16)12-10(23-16)8-22-14(2,3)24-12/h6-7,10,12H,8-9H2,1-5H3/b7-6+/t10-,12+,16-,17-/m0/s1. The Morgan fingerprint density at radius 1 is 1.15 bits per heavy atom. The molecule has 9 heteroatoms. The van der Waals surface area contributed by atoms with E-state index in [1.54, 1.807) is 34.6 Å². The second kappa shape index (κ2) is 5.26. The van der Waals surface area contributed by atoms with Gasteiger partial charge in [0, 0.05) is 0 Å². The molecule has 0 aromatic heterocycles. The van der Waals surface area contributed by atoms with Crippen molar-refractivity contribution in [3.8, 4) is 0 Å². The molecule has 4 heterocycles. The van der Waals surface area contributed by atoms with Gasteiger partial charge in [0.1, 0.15) is 12.2 Å². The normalized spacial score (nSPS) is 43.0. The van der Waals surface area contributed by atoms with E-state index in [0.29, 0.717) is 0 Å². The second-order valence-corrected chi connectivity index (χ2v) is 7.69. The van der Waals surface area contributed by atoms with Crippen molar-refractivity contribution in [1.29, 1.82) is 0 Å². The highest BCUT2D eigenvalue weighted by atomic mass is 16.9. The number of ether oxygens (including phenoxy) is 6. The fraction of sp³-hybridized carbons (Fsp3) is 0.765. The van der Waals surface area contributed by atoms with Crippen LogP contribution in [-0.4, -0.2) is 65.4 Å². The van der Waals surface area contributed by atoms with E-state index in [0.717, 1.165) is 4.90 Å². The van der Waals surface area contributed by atoms with E-state index >= 15 is 0 Å². The van der Waals surface area contributed by atoms with Crippen LogP contribution in [0.1, 0.15) is 34.6 Å². The molecule has 4 aliphatic rings. The van der Waals surface area contributed by atoms with Gasteiger partial charge in [-0.3, -0.25) is 4.79 Å². The number of nitrogens with zero attached hydrogens (tertiary/aromatic N) is 1. The minimum Gasteiger partial charge on any atom is -0.443 e. The van der Waals surface area contributed by atoms with Crippen LogP contribution in [0.2, 0.25) is 0 Å². The molecule has 4 rings (SSSR count). The van der Waals surface area contributed by atoms with Crippen molar-refractivity contribution < 1.29 is 38.0 Å². The third-order valence-corrected chi connectivity index (χ3v) is 4.86. The Bertz CT molecular complexity index is 688. The summed E-state index contributed by atoms with van der Waals surface area (Å²) in [6.07, 6.45) is 0.580. The molecular formula is C17H23NO8. The van der Waals surface area contributed by atoms with Crippen molar-refractivity contribution in [2.75, 3.05) is 13.2 Å². The van der Waals surface area contributed by atoms with Crippen molar-refractivity contribution in [2.24, 2.45) is 0 Å². The molecule has 0 radical (unpaired) electrons. The molecule has 0 saturated carbocycles. The average Bonchev–Trinajstić information content (AvgIpc) is 2.90. The zero-order valence-corrected chi connectivity index (χ0v) is 15.4. The molecule has 4 fully saturated rings. The first-order valence-corrected chi connectivity index (χ1v) is 8.59. The summed E-state index contributed by atoms with van der Waals surface area (Å²) in [6.45, 7) is 8.54. The summed E-state index contributed by atoms with van der Waals surface area (Å²) in [7, 11) is 0. The van der Waals surface area contributed by atoms with Gasteiger partial charge in [-0.1, -0.05) is 6.08 Å². The van der Waals surface area contributed by atoms with Gasteiger partial charge < -0.3 is 28.4 Å². The zero-order valence-electron chi connectivity index (χ0n) is 15.4. The summed E-state index contributed by atoms with van der Waals surface area (Å²) in [4.78, 5) is 26.3. The maximum absolute atomic E-state index is 12.8. The second-order valence-electron chi connectivity index (χ2n) is 7.69. The lowest BCUT2D eigenvalue weighted by molar-refractivity contribution is -0.337. The van der Waals surface area contributed by atoms with Gasteiger partial charge in [-0.25, -0.2) is 9.69 Å². The van der Waals surface area contributed by atoms with Crippen LogP contribution in [0.3, 0.4) is 0 Å². The molecule has 26 heavy (non-hydrogen) atoms. The van der Waals surface area contributed by atoms with Crippen LogP contribution in [0.4, 0.5) is 4.79 Å². The van der Waals surface area contributed by atoms with Crippen molar-refractivity contribution in [3.63, 3.8) is 0 Å². The van der Waals surface area contributed by atoms with Gasteiger partial charge in [0.2, 0.25) is 5.72 Å². The Kier molecular flexibility index (Phi) is 3.62. The van der Waals surface area contributed by atoms with Gasteiger partial charge in [0.05, 0.1) is 6.61 Å². The van der Waals surface area contributed by atoms with Gasteiger partial charge in [0.15, 0.2) is 18.2 Å². The number of fused-ring (bicyclic) bond motifs is 1. The predicted octanol–water partition coefficient (Wildman–Crippen LogP) is 1.27. The molecule has 4 saturated heterocycles. The maximum atomic E-state index is 12.8. The van der Waals surface area contributed by atoms with Crippen molar-refractivity contribution in [3.05, 3.63) is 12.2 Å². The summed E-state index contributed by atoms with van der Waals surface area (Å²) in [5.74, 6) is -4.16. The van der Waals surface area contributed by atoms with E-state index in [1.165, 1.54) is 12.2 Å². The summed E-state index contributed by atoms with van der Waals surface area (Å²) in [5.41, 5.74) is -1.62. The fourth-order valence-corrected chi connectivity index (χ4v) is 4.12. The quantitative estimate of drug-likeness (QED) is 0.638. The number of carbonyl (C=O) groups excluding carboxylic acids is 2. The Hall–Kier alpha value is -1.52. The Morgan fingerprint density at radius 2 is 1.88 bits per heavy atom. The minimum absolute atomic E-state index is 0.203. The fourth-order valence-electron chi connectivity index (χ4n) is 4.12. The highest BCUT2D eigenvalue weighted by Crippen LogP contribution is 2.59. The number of allylic oxidation sites excluding steroid dienone is 1. The van der Waals surface area contributed by atoms with Gasteiger partial charge in [-0.2, -0.15) is 0 Å². The molecule has 144 valence electrons. The van der Waals surface area contributed by atoms with E-state index in [-0.39, 0.29) is 13.2 Å². The lowest BCUT2D eigenvalue weighted by Crippen LogP contribution is -2.74. The minimum atomic E-state index is -1.62. The third-order valence-electron chi connectivity index (χ3n) is 4.86. The lowest BCUT2D eigenvalue weighted by atomic mass is 9.93. The number of hydrogen-bond donors (Lipinski definition) is 0. The van der Waals surface area contributed by atoms with E-state index in [1.807, 2.05) is 0 Å². The van der Waals surface area contributed by atoms with Crippen LogP contribution in [0.15, 0.2) is 12.2 Å². The summed E-state index contributed by atoms with van der Waals surface area (Å²) < 4.78 is 35.4. The molecule has 0 bridgehead atoms. The van der Waals surface area contributed by atoms with Crippen LogP contribution in [0.5, 0.6) is 0 Å². The summed E-state index contributed by atoms with van der Waals surface area (Å²) in [6, 6.07) is 0. The molecule has 9 nitrogen and oxygen atoms in total. The van der Waals surface area contributed by atoms with Gasteiger partial charge in [-0.15, -0.1) is 0 Å². The molecule has 0 unspecified atom stereocenters. The smallest absolute Gasteiger partial charge is 0.419 e. The van der Waals surface area contributed by atoms with Crippen LogP contribution < -0.4 is 0 Å². The van der Waals surface area contributed by atoms with Gasteiger partial charge in [-0.05, 0) is 40.7 Å². The zero-order chi connectivity index (χ0) is 19.0. The van der Waals surface area contributed by atoms with E-state index in [4.69, 9.17) is 28.4 Å². The Morgan fingerprint density at radius 3 is 2.58 bits per heavy atom.